The second-order valence-electron chi connectivity index (χ2n) is 5.54. The third kappa shape index (κ3) is 3.69. The summed E-state index contributed by atoms with van der Waals surface area (Å²) in [4.78, 5) is 8.45. The van der Waals surface area contributed by atoms with Crippen LogP contribution in [0.3, 0.4) is 0 Å². The van der Waals surface area contributed by atoms with Gasteiger partial charge in [0.05, 0.1) is 0 Å². The maximum Gasteiger partial charge on any atom is 0.185 e. The van der Waals surface area contributed by atoms with Crippen LogP contribution in [0.2, 0.25) is 0 Å². The average molecular weight is 267 g/mol. The van der Waals surface area contributed by atoms with E-state index in [1.54, 1.807) is 0 Å². The van der Waals surface area contributed by atoms with Crippen molar-refractivity contribution in [3.05, 3.63) is 11.1 Å². The molecule has 2 rings (SSSR count). The minimum atomic E-state index is 0.535. The first-order valence-corrected chi connectivity index (χ1v) is 7.93. The molecule has 1 aliphatic heterocycles. The summed E-state index contributed by atoms with van der Waals surface area (Å²) in [6.45, 7) is 8.81. The van der Waals surface area contributed by atoms with Gasteiger partial charge < -0.3 is 10.2 Å². The summed E-state index contributed by atoms with van der Waals surface area (Å²) in [6.07, 6.45) is 7.38. The van der Waals surface area contributed by atoms with E-state index in [2.05, 4.69) is 36.0 Å². The number of nitrogens with zero attached hydrogens (tertiary/aromatic N) is 2. The molecule has 0 saturated carbocycles. The van der Waals surface area contributed by atoms with Crippen molar-refractivity contribution >= 4 is 16.5 Å². The topological polar surface area (TPSA) is 28.2 Å². The van der Waals surface area contributed by atoms with Crippen LogP contribution in [-0.2, 0) is 6.54 Å². The van der Waals surface area contributed by atoms with Crippen LogP contribution in [0.25, 0.3) is 0 Å². The predicted octanol–water partition coefficient (Wildman–Crippen LogP) is 3.41. The normalized spacial score (nSPS) is 21.3. The number of anilines is 1. The van der Waals surface area contributed by atoms with Gasteiger partial charge in [0, 0.05) is 36.2 Å². The van der Waals surface area contributed by atoms with Crippen molar-refractivity contribution in [2.45, 2.75) is 65.1 Å². The molecule has 102 valence electrons. The molecule has 1 saturated heterocycles. The highest BCUT2D eigenvalue weighted by atomic mass is 32.1. The summed E-state index contributed by atoms with van der Waals surface area (Å²) in [5, 5.41) is 4.67. The van der Waals surface area contributed by atoms with Crippen LogP contribution in [-0.4, -0.2) is 23.6 Å². The van der Waals surface area contributed by atoms with E-state index >= 15 is 0 Å². The molecule has 1 aromatic rings. The summed E-state index contributed by atoms with van der Waals surface area (Å²) in [5.41, 5.74) is 0. The number of thiazole rings is 1. The van der Waals surface area contributed by atoms with Gasteiger partial charge in [-0.15, -0.1) is 11.3 Å². The van der Waals surface area contributed by atoms with Gasteiger partial charge in [-0.1, -0.05) is 26.7 Å². The largest absolute Gasteiger partial charge is 0.345 e. The van der Waals surface area contributed by atoms with Gasteiger partial charge in [0.25, 0.3) is 0 Å². The molecule has 1 aromatic heterocycles. The fourth-order valence-electron chi connectivity index (χ4n) is 2.38. The Morgan fingerprint density at radius 1 is 1.44 bits per heavy atom. The van der Waals surface area contributed by atoms with Crippen LogP contribution >= 0.6 is 11.3 Å². The number of rotatable bonds is 4. The average Bonchev–Trinajstić information content (AvgIpc) is 2.69. The third-order valence-electron chi connectivity index (χ3n) is 3.52. The van der Waals surface area contributed by atoms with E-state index in [4.69, 9.17) is 0 Å². The molecule has 0 aromatic carbocycles. The third-order valence-corrected chi connectivity index (χ3v) is 4.56. The van der Waals surface area contributed by atoms with E-state index in [9.17, 15) is 0 Å². The van der Waals surface area contributed by atoms with E-state index in [1.807, 2.05) is 17.5 Å². The first-order valence-electron chi connectivity index (χ1n) is 7.11. The molecular formula is C14H25N3S. The predicted molar refractivity (Wildman–Crippen MR) is 79.4 cm³/mol. The van der Waals surface area contributed by atoms with Crippen molar-refractivity contribution in [2.75, 3.05) is 11.4 Å². The molecule has 1 fully saturated rings. The van der Waals surface area contributed by atoms with E-state index in [-0.39, 0.29) is 0 Å². The first kappa shape index (κ1) is 13.8. The van der Waals surface area contributed by atoms with Crippen LogP contribution in [0.5, 0.6) is 0 Å². The van der Waals surface area contributed by atoms with E-state index in [1.165, 1.54) is 42.2 Å². The lowest BCUT2D eigenvalue weighted by Gasteiger charge is -2.26. The fourth-order valence-corrected chi connectivity index (χ4v) is 3.36. The van der Waals surface area contributed by atoms with Crippen molar-refractivity contribution < 1.29 is 0 Å². The Hall–Kier alpha value is -0.610. The molecule has 1 unspecified atom stereocenters. The Kier molecular flexibility index (Phi) is 5.01. The second-order valence-corrected chi connectivity index (χ2v) is 6.63. The lowest BCUT2D eigenvalue weighted by molar-refractivity contribution is 0.593. The number of hydrogen-bond acceptors (Lipinski definition) is 4. The molecule has 2 heterocycles. The van der Waals surface area contributed by atoms with Gasteiger partial charge in [-0.2, -0.15) is 0 Å². The Bertz CT molecular complexity index is 362. The van der Waals surface area contributed by atoms with Crippen molar-refractivity contribution in [1.29, 1.82) is 0 Å². The minimum absolute atomic E-state index is 0.535. The summed E-state index contributed by atoms with van der Waals surface area (Å²) in [6, 6.07) is 1.18. The summed E-state index contributed by atoms with van der Waals surface area (Å²) in [5.74, 6) is 0. The molecule has 0 amide bonds. The van der Waals surface area contributed by atoms with Gasteiger partial charge in [0.15, 0.2) is 5.13 Å². The number of nitrogens with one attached hydrogen (secondary N) is 1. The summed E-state index contributed by atoms with van der Waals surface area (Å²) in [7, 11) is 0. The highest BCUT2D eigenvalue weighted by Crippen LogP contribution is 2.28. The molecular weight excluding hydrogens is 242 g/mol. The molecule has 0 bridgehead atoms. The summed E-state index contributed by atoms with van der Waals surface area (Å²) >= 11 is 1.85. The van der Waals surface area contributed by atoms with Crippen LogP contribution in [0, 0.1) is 0 Å². The maximum absolute atomic E-state index is 4.61. The quantitative estimate of drug-likeness (QED) is 0.906. The molecule has 0 radical (unpaired) electrons. The molecule has 4 heteroatoms. The fraction of sp³-hybridized carbons (Fsp3) is 0.786. The van der Waals surface area contributed by atoms with Gasteiger partial charge in [-0.25, -0.2) is 4.98 Å². The van der Waals surface area contributed by atoms with Gasteiger partial charge in [-0.05, 0) is 19.8 Å². The molecule has 1 aliphatic rings. The molecule has 18 heavy (non-hydrogen) atoms. The number of hydrogen-bond donors (Lipinski definition) is 1. The van der Waals surface area contributed by atoms with Crippen molar-refractivity contribution in [2.24, 2.45) is 0 Å². The highest BCUT2D eigenvalue weighted by Gasteiger charge is 2.19. The number of aromatic nitrogens is 1. The Morgan fingerprint density at radius 2 is 2.28 bits per heavy atom. The zero-order valence-electron chi connectivity index (χ0n) is 11.8. The van der Waals surface area contributed by atoms with Gasteiger partial charge in [0.1, 0.15) is 0 Å². The SMILES string of the molecule is CC(C)NCc1cnc(N2CCCCCC2C)s1. The summed E-state index contributed by atoms with van der Waals surface area (Å²) < 4.78 is 0. The molecule has 0 aliphatic carbocycles. The first-order chi connectivity index (χ1) is 8.66. The lowest BCUT2D eigenvalue weighted by atomic mass is 10.1. The van der Waals surface area contributed by atoms with Crippen LogP contribution in [0.4, 0.5) is 5.13 Å². The zero-order valence-corrected chi connectivity index (χ0v) is 12.6. The highest BCUT2D eigenvalue weighted by molar-refractivity contribution is 7.15. The molecule has 1 N–H and O–H groups in total. The standard InChI is InChI=1S/C14H25N3S/c1-11(2)15-9-13-10-16-14(18-13)17-8-6-4-5-7-12(17)3/h10-12,15H,4-9H2,1-3H3. The van der Waals surface area contributed by atoms with Crippen LogP contribution in [0.15, 0.2) is 6.20 Å². The maximum atomic E-state index is 4.61. The molecule has 0 spiro atoms. The van der Waals surface area contributed by atoms with E-state index in [0.29, 0.717) is 12.1 Å². The monoisotopic (exact) mass is 267 g/mol. The van der Waals surface area contributed by atoms with E-state index in [0.717, 1.165) is 6.54 Å². The Labute approximate surface area is 115 Å². The van der Waals surface area contributed by atoms with Crippen LogP contribution < -0.4 is 10.2 Å². The zero-order chi connectivity index (χ0) is 13.0. The molecule has 1 atom stereocenters. The van der Waals surface area contributed by atoms with Crippen molar-refractivity contribution in [1.82, 2.24) is 10.3 Å². The van der Waals surface area contributed by atoms with Crippen molar-refractivity contribution in [3.8, 4) is 0 Å². The van der Waals surface area contributed by atoms with Gasteiger partial charge in [-0.3, -0.25) is 0 Å². The van der Waals surface area contributed by atoms with Gasteiger partial charge >= 0.3 is 0 Å². The van der Waals surface area contributed by atoms with Crippen LogP contribution in [0.1, 0.15) is 51.3 Å². The van der Waals surface area contributed by atoms with E-state index < -0.39 is 0 Å². The van der Waals surface area contributed by atoms with Gasteiger partial charge in [0.2, 0.25) is 0 Å². The smallest absolute Gasteiger partial charge is 0.185 e. The second kappa shape index (κ2) is 6.53. The minimum Gasteiger partial charge on any atom is -0.345 e. The van der Waals surface area contributed by atoms with Crippen molar-refractivity contribution in [3.63, 3.8) is 0 Å². The molecule has 3 nitrogen and oxygen atoms in total. The Balaban J connectivity index is 1.99. The lowest BCUT2D eigenvalue weighted by Crippen LogP contribution is -2.32. The Morgan fingerprint density at radius 3 is 3.06 bits per heavy atom.